The summed E-state index contributed by atoms with van der Waals surface area (Å²) >= 11 is 12.7. The van der Waals surface area contributed by atoms with Gasteiger partial charge in [-0.2, -0.15) is 0 Å². The fourth-order valence-electron chi connectivity index (χ4n) is 2.59. The Kier molecular flexibility index (Phi) is 5.78. The van der Waals surface area contributed by atoms with E-state index in [1.54, 1.807) is 38.3 Å². The zero-order valence-corrected chi connectivity index (χ0v) is 17.1. The molecule has 0 saturated heterocycles. The number of benzene rings is 2. The molecule has 0 aliphatic carbocycles. The number of fused-ring (bicyclic) bond motifs is 1. The number of nitrogens with one attached hydrogen (secondary N) is 2. The molecule has 1 amide bonds. The Morgan fingerprint density at radius 2 is 2.07 bits per heavy atom. The Morgan fingerprint density at radius 3 is 2.75 bits per heavy atom. The number of halogens is 1. The lowest BCUT2D eigenvalue weighted by atomic mass is 10.1. The van der Waals surface area contributed by atoms with Gasteiger partial charge in [0.25, 0.3) is 11.6 Å². The quantitative estimate of drug-likeness (QED) is 0.343. The SMILES string of the molecule is COc1ccc2c(Cl)c(C(=O)NC(=S)Nc3cccc([N+](=O)[O-])c3C)sc2c1. The number of hydrogen-bond acceptors (Lipinski definition) is 6. The fraction of sp³-hybridized carbons (Fsp3) is 0.111. The number of nitrogens with zero attached hydrogens (tertiary/aromatic N) is 1. The third kappa shape index (κ3) is 3.91. The van der Waals surface area contributed by atoms with Crippen LogP contribution >= 0.6 is 35.2 Å². The first-order valence-electron chi connectivity index (χ1n) is 7.94. The van der Waals surface area contributed by atoms with Crippen LogP contribution in [0.2, 0.25) is 5.02 Å². The number of methoxy groups -OCH3 is 1. The maximum Gasteiger partial charge on any atom is 0.274 e. The molecular weight excluding hydrogens is 422 g/mol. The monoisotopic (exact) mass is 435 g/mol. The van der Waals surface area contributed by atoms with Crippen LogP contribution in [0.5, 0.6) is 5.75 Å². The van der Waals surface area contributed by atoms with Crippen molar-refractivity contribution in [2.75, 3.05) is 12.4 Å². The van der Waals surface area contributed by atoms with E-state index in [0.717, 1.165) is 10.1 Å². The normalized spacial score (nSPS) is 10.5. The molecule has 144 valence electrons. The summed E-state index contributed by atoms with van der Waals surface area (Å²) in [5.41, 5.74) is 0.809. The average molecular weight is 436 g/mol. The number of carbonyl (C=O) groups is 1. The summed E-state index contributed by atoms with van der Waals surface area (Å²) in [6.45, 7) is 1.60. The maximum atomic E-state index is 12.6. The molecule has 0 atom stereocenters. The highest BCUT2D eigenvalue weighted by atomic mass is 35.5. The predicted molar refractivity (Wildman–Crippen MR) is 115 cm³/mol. The number of nitro benzene ring substituents is 1. The van der Waals surface area contributed by atoms with Gasteiger partial charge in [-0.15, -0.1) is 11.3 Å². The molecule has 1 heterocycles. The van der Waals surface area contributed by atoms with Crippen LogP contribution < -0.4 is 15.4 Å². The number of hydrogen-bond donors (Lipinski definition) is 2. The molecule has 1 aromatic heterocycles. The molecule has 0 spiro atoms. The summed E-state index contributed by atoms with van der Waals surface area (Å²) < 4.78 is 5.99. The van der Waals surface area contributed by atoms with Gasteiger partial charge >= 0.3 is 0 Å². The first-order chi connectivity index (χ1) is 13.3. The van der Waals surface area contributed by atoms with Gasteiger partial charge < -0.3 is 10.1 Å². The number of nitro groups is 1. The van der Waals surface area contributed by atoms with Crippen molar-refractivity contribution >= 4 is 67.6 Å². The summed E-state index contributed by atoms with van der Waals surface area (Å²) in [6.07, 6.45) is 0. The third-order valence-corrected chi connectivity index (χ3v) is 5.88. The van der Waals surface area contributed by atoms with E-state index in [-0.39, 0.29) is 10.8 Å². The molecule has 2 N–H and O–H groups in total. The third-order valence-electron chi connectivity index (χ3n) is 4.02. The van der Waals surface area contributed by atoms with E-state index in [4.69, 9.17) is 28.6 Å². The number of carbonyl (C=O) groups excluding carboxylic acids is 1. The molecular formula is C18H14ClN3O4S2. The van der Waals surface area contributed by atoms with Gasteiger partial charge in [-0.1, -0.05) is 17.7 Å². The summed E-state index contributed by atoms with van der Waals surface area (Å²) in [5.74, 6) is 0.196. The Morgan fingerprint density at radius 1 is 1.32 bits per heavy atom. The van der Waals surface area contributed by atoms with Crippen molar-refractivity contribution in [3.8, 4) is 5.75 Å². The molecule has 0 radical (unpaired) electrons. The Labute approximate surface area is 174 Å². The summed E-state index contributed by atoms with van der Waals surface area (Å²) in [5, 5.41) is 17.5. The largest absolute Gasteiger partial charge is 0.497 e. The molecule has 10 heteroatoms. The van der Waals surface area contributed by atoms with E-state index in [2.05, 4.69) is 10.6 Å². The van der Waals surface area contributed by atoms with Gasteiger partial charge in [0.1, 0.15) is 10.6 Å². The van der Waals surface area contributed by atoms with Crippen molar-refractivity contribution in [1.29, 1.82) is 0 Å². The molecule has 3 aromatic rings. The highest BCUT2D eigenvalue weighted by Gasteiger charge is 2.19. The first kappa shape index (κ1) is 20.0. The lowest BCUT2D eigenvalue weighted by Crippen LogP contribution is -2.34. The highest BCUT2D eigenvalue weighted by molar-refractivity contribution is 7.80. The van der Waals surface area contributed by atoms with Gasteiger partial charge in [0.15, 0.2) is 5.11 Å². The average Bonchev–Trinajstić information content (AvgIpc) is 2.99. The molecule has 2 aromatic carbocycles. The Balaban J connectivity index is 1.79. The standard InChI is InChI=1S/C18H14ClN3O4S2/c1-9-12(4-3-5-13(9)22(24)25)20-18(27)21-17(23)16-15(19)11-7-6-10(26-2)8-14(11)28-16/h3-8H,1-2H3,(H2,20,21,23,27). The number of amides is 1. The van der Waals surface area contributed by atoms with Crippen molar-refractivity contribution in [3.05, 3.63) is 62.0 Å². The van der Waals surface area contributed by atoms with Gasteiger partial charge in [0.05, 0.1) is 28.3 Å². The van der Waals surface area contributed by atoms with Crippen molar-refractivity contribution in [2.24, 2.45) is 0 Å². The zero-order valence-electron chi connectivity index (χ0n) is 14.7. The zero-order chi connectivity index (χ0) is 20.4. The van der Waals surface area contributed by atoms with Gasteiger partial charge in [0, 0.05) is 16.2 Å². The van der Waals surface area contributed by atoms with Crippen LogP contribution in [0.4, 0.5) is 11.4 Å². The van der Waals surface area contributed by atoms with Crippen LogP contribution in [-0.2, 0) is 0 Å². The highest BCUT2D eigenvalue weighted by Crippen LogP contribution is 2.37. The molecule has 3 rings (SSSR count). The lowest BCUT2D eigenvalue weighted by Gasteiger charge is -2.11. The molecule has 0 aliphatic heterocycles. The van der Waals surface area contributed by atoms with E-state index in [1.165, 1.54) is 23.5 Å². The second-order valence-corrected chi connectivity index (χ2v) is 7.56. The minimum atomic E-state index is -0.479. The molecule has 0 fully saturated rings. The number of ether oxygens (including phenoxy) is 1. The van der Waals surface area contributed by atoms with Crippen LogP contribution in [0.1, 0.15) is 15.2 Å². The molecule has 28 heavy (non-hydrogen) atoms. The van der Waals surface area contributed by atoms with Crippen LogP contribution in [-0.4, -0.2) is 23.1 Å². The molecule has 0 bridgehead atoms. The second-order valence-electron chi connectivity index (χ2n) is 5.72. The van der Waals surface area contributed by atoms with Crippen LogP contribution in [0.25, 0.3) is 10.1 Å². The predicted octanol–water partition coefficient (Wildman–Crippen LogP) is 4.91. The van der Waals surface area contributed by atoms with Gasteiger partial charge in [-0.3, -0.25) is 20.2 Å². The van der Waals surface area contributed by atoms with E-state index in [9.17, 15) is 14.9 Å². The van der Waals surface area contributed by atoms with Crippen molar-refractivity contribution in [1.82, 2.24) is 5.32 Å². The van der Waals surface area contributed by atoms with Crippen molar-refractivity contribution in [2.45, 2.75) is 6.92 Å². The van der Waals surface area contributed by atoms with E-state index in [0.29, 0.717) is 26.9 Å². The number of thiophene rings is 1. The Bertz CT molecular complexity index is 1110. The van der Waals surface area contributed by atoms with Crippen LogP contribution in [0, 0.1) is 17.0 Å². The van der Waals surface area contributed by atoms with Gasteiger partial charge in [0.2, 0.25) is 0 Å². The smallest absolute Gasteiger partial charge is 0.274 e. The minimum absolute atomic E-state index is 0.0136. The number of rotatable bonds is 4. The Hall–Kier alpha value is -2.75. The first-order valence-corrected chi connectivity index (χ1v) is 9.54. The topological polar surface area (TPSA) is 93.5 Å². The van der Waals surface area contributed by atoms with Crippen molar-refractivity contribution in [3.63, 3.8) is 0 Å². The number of anilines is 1. The lowest BCUT2D eigenvalue weighted by molar-refractivity contribution is -0.385. The molecule has 7 nitrogen and oxygen atoms in total. The summed E-state index contributed by atoms with van der Waals surface area (Å²) in [4.78, 5) is 23.5. The maximum absolute atomic E-state index is 12.6. The fourth-order valence-corrected chi connectivity index (χ4v) is 4.23. The molecule has 0 unspecified atom stereocenters. The van der Waals surface area contributed by atoms with E-state index < -0.39 is 10.8 Å². The van der Waals surface area contributed by atoms with E-state index in [1.807, 2.05) is 0 Å². The van der Waals surface area contributed by atoms with Crippen LogP contribution in [0.15, 0.2) is 36.4 Å². The minimum Gasteiger partial charge on any atom is -0.497 e. The number of thiocarbonyl (C=S) groups is 1. The van der Waals surface area contributed by atoms with E-state index >= 15 is 0 Å². The summed E-state index contributed by atoms with van der Waals surface area (Å²) in [6, 6.07) is 9.92. The van der Waals surface area contributed by atoms with Gasteiger partial charge in [-0.05, 0) is 43.4 Å². The second kappa shape index (κ2) is 8.09. The molecule has 0 saturated carbocycles. The molecule has 0 aliphatic rings. The summed E-state index contributed by atoms with van der Waals surface area (Å²) in [7, 11) is 1.56. The van der Waals surface area contributed by atoms with Crippen LogP contribution in [0.3, 0.4) is 0 Å². The van der Waals surface area contributed by atoms with Gasteiger partial charge in [-0.25, -0.2) is 0 Å². The van der Waals surface area contributed by atoms with Crippen molar-refractivity contribution < 1.29 is 14.5 Å².